The fourth-order valence-corrected chi connectivity index (χ4v) is 1.35. The van der Waals surface area contributed by atoms with Crippen molar-refractivity contribution in [1.82, 2.24) is 0 Å². The maximum absolute atomic E-state index is 9.01. The predicted octanol–water partition coefficient (Wildman–Crippen LogP) is 2.97. The molecule has 5 heteroatoms. The molecule has 1 aromatic rings. The summed E-state index contributed by atoms with van der Waals surface area (Å²) >= 11 is 16.5. The first-order valence-electron chi connectivity index (χ1n) is 2.45. The molecule has 0 unspecified atom stereocenters. The molecule has 0 amide bonds. The Hall–Kier alpha value is 0.890. The Labute approximate surface area is 102 Å². The Kier molecular flexibility index (Phi) is 5.19. The van der Waals surface area contributed by atoms with Crippen LogP contribution < -0.4 is 0 Å². The molecule has 0 aliphatic heterocycles. The molecule has 0 aliphatic rings. The minimum atomic E-state index is -0.132. The molecule has 1 N–H and O–H groups in total. The summed E-state index contributed by atoms with van der Waals surface area (Å²) < 4.78 is 0. The first-order valence-corrected chi connectivity index (χ1v) is 3.58. The average molecular weight is 220 g/mol. The zero-order chi connectivity index (χ0) is 7.72. The predicted molar refractivity (Wildman–Crippen MR) is 48.9 cm³/mol. The van der Waals surface area contributed by atoms with Crippen LogP contribution in [0.25, 0.3) is 0 Å². The summed E-state index contributed by atoms with van der Waals surface area (Å²) in [6.45, 7) is 0. The summed E-state index contributed by atoms with van der Waals surface area (Å²) in [7, 11) is 0. The topological polar surface area (TPSA) is 20.2 Å². The van der Waals surface area contributed by atoms with Gasteiger partial charge in [-0.1, -0.05) is 34.8 Å². The van der Waals surface area contributed by atoms with Gasteiger partial charge in [0.1, 0.15) is 0 Å². The van der Waals surface area contributed by atoms with Gasteiger partial charge in [-0.05, 0) is 12.1 Å². The maximum Gasteiger partial charge on any atom is 0.152 e. The van der Waals surface area contributed by atoms with Gasteiger partial charge in [0.05, 0.1) is 10.0 Å². The second kappa shape index (κ2) is 4.80. The molecular formula is C6H3Cl3NaO. The largest absolute Gasteiger partial charge is 0.505 e. The minimum absolute atomic E-state index is 0. The molecule has 0 aromatic heterocycles. The van der Waals surface area contributed by atoms with Gasteiger partial charge in [-0.3, -0.25) is 0 Å². The van der Waals surface area contributed by atoms with Gasteiger partial charge in [0, 0.05) is 34.6 Å². The van der Waals surface area contributed by atoms with Crippen molar-refractivity contribution in [3.05, 3.63) is 27.2 Å². The van der Waals surface area contributed by atoms with E-state index in [1.54, 1.807) is 0 Å². The molecule has 1 radical (unpaired) electrons. The van der Waals surface area contributed by atoms with Gasteiger partial charge < -0.3 is 5.11 Å². The van der Waals surface area contributed by atoms with E-state index in [2.05, 4.69) is 0 Å². The van der Waals surface area contributed by atoms with Crippen LogP contribution in [0.3, 0.4) is 0 Å². The van der Waals surface area contributed by atoms with Crippen LogP contribution in [0.4, 0.5) is 0 Å². The molecule has 0 aliphatic carbocycles. The molecule has 0 fully saturated rings. The molecular weight excluding hydrogens is 217 g/mol. The van der Waals surface area contributed by atoms with Crippen LogP contribution >= 0.6 is 34.8 Å². The van der Waals surface area contributed by atoms with Crippen molar-refractivity contribution in [3.8, 4) is 5.75 Å². The summed E-state index contributed by atoms with van der Waals surface area (Å²) in [5.74, 6) is -0.132. The fourth-order valence-electron chi connectivity index (χ4n) is 0.535. The van der Waals surface area contributed by atoms with Gasteiger partial charge in [0.15, 0.2) is 5.75 Å². The number of rotatable bonds is 0. The molecule has 0 spiro atoms. The fraction of sp³-hybridized carbons (Fsp3) is 0. The van der Waals surface area contributed by atoms with Crippen molar-refractivity contribution in [2.45, 2.75) is 0 Å². The van der Waals surface area contributed by atoms with Crippen LogP contribution in [0, 0.1) is 0 Å². The second-order valence-electron chi connectivity index (χ2n) is 1.72. The van der Waals surface area contributed by atoms with Crippen LogP contribution in [0.15, 0.2) is 12.1 Å². The van der Waals surface area contributed by atoms with E-state index >= 15 is 0 Å². The normalized spacial score (nSPS) is 9.00. The Morgan fingerprint density at radius 3 is 1.73 bits per heavy atom. The van der Waals surface area contributed by atoms with E-state index in [4.69, 9.17) is 39.9 Å². The third-order valence-electron chi connectivity index (χ3n) is 0.982. The van der Waals surface area contributed by atoms with Gasteiger partial charge in [0.25, 0.3) is 0 Å². The molecule has 0 saturated carbocycles. The van der Waals surface area contributed by atoms with E-state index in [1.807, 2.05) is 0 Å². The summed E-state index contributed by atoms with van der Waals surface area (Å²) in [5, 5.41) is 9.75. The quantitative estimate of drug-likeness (QED) is 0.667. The Balaban J connectivity index is 0.000001000. The molecule has 1 rings (SSSR count). The van der Waals surface area contributed by atoms with Crippen LogP contribution in [-0.2, 0) is 0 Å². The molecule has 0 atom stereocenters. The molecule has 1 nitrogen and oxygen atoms in total. The summed E-state index contributed by atoms with van der Waals surface area (Å²) in [6.07, 6.45) is 0. The van der Waals surface area contributed by atoms with Crippen LogP contribution in [-0.4, -0.2) is 34.7 Å². The molecule has 0 heterocycles. The first kappa shape index (κ1) is 11.9. The summed E-state index contributed by atoms with van der Waals surface area (Å²) in [6, 6.07) is 2.84. The summed E-state index contributed by atoms with van der Waals surface area (Å²) in [5.41, 5.74) is 0. The van der Waals surface area contributed by atoms with E-state index in [9.17, 15) is 0 Å². The third-order valence-corrected chi connectivity index (χ3v) is 1.78. The number of halogens is 3. The number of hydrogen-bond donors (Lipinski definition) is 1. The van der Waals surface area contributed by atoms with E-state index in [1.165, 1.54) is 12.1 Å². The van der Waals surface area contributed by atoms with Gasteiger partial charge >= 0.3 is 0 Å². The molecule has 11 heavy (non-hydrogen) atoms. The number of phenols is 1. The van der Waals surface area contributed by atoms with Crippen molar-refractivity contribution in [3.63, 3.8) is 0 Å². The monoisotopic (exact) mass is 219 g/mol. The van der Waals surface area contributed by atoms with Gasteiger partial charge in [-0.15, -0.1) is 0 Å². The SMILES string of the molecule is Oc1c(Cl)cc(Cl)cc1Cl.[Na]. The molecule has 1 aromatic carbocycles. The van der Waals surface area contributed by atoms with Crippen molar-refractivity contribution >= 4 is 64.4 Å². The minimum Gasteiger partial charge on any atom is -0.505 e. The zero-order valence-electron chi connectivity index (χ0n) is 5.74. The Morgan fingerprint density at radius 1 is 1.00 bits per heavy atom. The number of benzene rings is 1. The van der Waals surface area contributed by atoms with Gasteiger partial charge in [-0.2, -0.15) is 0 Å². The maximum atomic E-state index is 9.01. The van der Waals surface area contributed by atoms with Crippen molar-refractivity contribution in [2.75, 3.05) is 0 Å². The number of phenolic OH excluding ortho intramolecular Hbond substituents is 1. The van der Waals surface area contributed by atoms with Crippen molar-refractivity contribution < 1.29 is 5.11 Å². The summed E-state index contributed by atoms with van der Waals surface area (Å²) in [4.78, 5) is 0. The average Bonchev–Trinajstić information content (AvgIpc) is 1.82. The molecule has 0 saturated heterocycles. The second-order valence-corrected chi connectivity index (χ2v) is 2.97. The smallest absolute Gasteiger partial charge is 0.152 e. The van der Waals surface area contributed by atoms with E-state index < -0.39 is 0 Å². The Bertz CT molecular complexity index is 241. The number of aromatic hydroxyl groups is 1. The van der Waals surface area contributed by atoms with E-state index in [0.717, 1.165) is 0 Å². The molecule has 55 valence electrons. The van der Waals surface area contributed by atoms with Crippen molar-refractivity contribution in [2.24, 2.45) is 0 Å². The first-order chi connectivity index (χ1) is 4.61. The Morgan fingerprint density at radius 2 is 1.36 bits per heavy atom. The standard InChI is InChI=1S/C6H3Cl3O.Na/c7-3-1-4(8)6(10)5(9)2-3;/h1-2,10H;. The van der Waals surface area contributed by atoms with Crippen LogP contribution in [0.1, 0.15) is 0 Å². The van der Waals surface area contributed by atoms with E-state index in [0.29, 0.717) is 5.02 Å². The van der Waals surface area contributed by atoms with Gasteiger partial charge in [-0.25, -0.2) is 0 Å². The van der Waals surface area contributed by atoms with Crippen LogP contribution in [0.5, 0.6) is 5.75 Å². The molecule has 0 bridgehead atoms. The third kappa shape index (κ3) is 3.02. The van der Waals surface area contributed by atoms with Crippen LogP contribution in [0.2, 0.25) is 15.1 Å². The van der Waals surface area contributed by atoms with Gasteiger partial charge in [0.2, 0.25) is 0 Å². The van der Waals surface area contributed by atoms with E-state index in [-0.39, 0.29) is 45.4 Å². The zero-order valence-corrected chi connectivity index (χ0v) is 10.0. The van der Waals surface area contributed by atoms with Crippen molar-refractivity contribution in [1.29, 1.82) is 0 Å². The number of hydrogen-bond acceptors (Lipinski definition) is 1.